The molecule has 9 nitrogen and oxygen atoms in total. The third-order valence-electron chi connectivity index (χ3n) is 4.28. The average Bonchev–Trinajstić information content (AvgIpc) is 3.09. The quantitative estimate of drug-likeness (QED) is 0.569. The number of ether oxygens (including phenoxy) is 2. The number of fused-ring (bicyclic) bond motifs is 1. The Balaban J connectivity index is 1.80. The zero-order valence-electron chi connectivity index (χ0n) is 16.1. The zero-order valence-corrected chi connectivity index (χ0v) is 16.1. The molecule has 2 heterocycles. The highest BCUT2D eigenvalue weighted by Gasteiger charge is 2.15. The minimum absolute atomic E-state index is 0.133. The van der Waals surface area contributed by atoms with E-state index in [1.54, 1.807) is 21.0 Å². The van der Waals surface area contributed by atoms with Gasteiger partial charge in [0.25, 0.3) is 11.3 Å². The van der Waals surface area contributed by atoms with Crippen LogP contribution in [-0.2, 0) is 22.5 Å². The van der Waals surface area contributed by atoms with Gasteiger partial charge in [0.1, 0.15) is 11.6 Å². The van der Waals surface area contributed by atoms with E-state index in [9.17, 15) is 9.59 Å². The molecule has 0 spiro atoms. The van der Waals surface area contributed by atoms with Gasteiger partial charge in [0, 0.05) is 12.0 Å². The van der Waals surface area contributed by atoms with Gasteiger partial charge < -0.3 is 14.8 Å². The molecule has 148 valence electrons. The lowest BCUT2D eigenvalue weighted by Gasteiger charge is -2.09. The molecule has 9 heteroatoms. The summed E-state index contributed by atoms with van der Waals surface area (Å²) in [6.07, 6.45) is 0.404. The average molecular weight is 385 g/mol. The maximum absolute atomic E-state index is 12.8. The van der Waals surface area contributed by atoms with Crippen LogP contribution in [0.15, 0.2) is 29.1 Å². The molecule has 0 aliphatic rings. The van der Waals surface area contributed by atoms with E-state index >= 15 is 0 Å². The Labute approximate surface area is 161 Å². The molecule has 0 atom stereocenters. The monoisotopic (exact) mass is 385 g/mol. The summed E-state index contributed by atoms with van der Waals surface area (Å²) in [6, 6.07) is 7.53. The van der Waals surface area contributed by atoms with E-state index in [-0.39, 0.29) is 24.4 Å². The van der Waals surface area contributed by atoms with Crippen molar-refractivity contribution in [3.8, 4) is 5.75 Å². The Morgan fingerprint density at radius 3 is 2.82 bits per heavy atom. The standard InChI is InChI=1S/C19H23N5O4/c1-4-28-17(25)10-9-13-12(2)21-19-22-16(23-24(19)18(13)26)11-20-14-7-5-6-8-15(14)27-3/h5-8,20H,4,9-11H2,1-3H3,(H,21,22,23). The van der Waals surface area contributed by atoms with E-state index < -0.39 is 0 Å². The lowest BCUT2D eigenvalue weighted by Crippen LogP contribution is -2.23. The molecule has 0 aliphatic carbocycles. The van der Waals surface area contributed by atoms with Crippen molar-refractivity contribution in [1.29, 1.82) is 0 Å². The molecule has 3 rings (SSSR count). The van der Waals surface area contributed by atoms with Crippen LogP contribution in [0.4, 0.5) is 5.69 Å². The number of carbonyl (C=O) groups excluding carboxylic acids is 1. The van der Waals surface area contributed by atoms with E-state index in [1.165, 1.54) is 4.52 Å². The van der Waals surface area contributed by atoms with Crippen LogP contribution in [0.5, 0.6) is 5.75 Å². The second-order valence-electron chi connectivity index (χ2n) is 6.15. The predicted octanol–water partition coefficient (Wildman–Crippen LogP) is 1.84. The van der Waals surface area contributed by atoms with Crippen LogP contribution >= 0.6 is 0 Å². The van der Waals surface area contributed by atoms with E-state index in [0.717, 1.165) is 5.69 Å². The Morgan fingerprint density at radius 2 is 2.07 bits per heavy atom. The Hall–Kier alpha value is -3.36. The Morgan fingerprint density at radius 1 is 1.29 bits per heavy atom. The van der Waals surface area contributed by atoms with Crippen molar-refractivity contribution in [2.75, 3.05) is 19.0 Å². The van der Waals surface area contributed by atoms with Crippen molar-refractivity contribution in [2.24, 2.45) is 0 Å². The fourth-order valence-electron chi connectivity index (χ4n) is 2.90. The second kappa shape index (κ2) is 8.55. The number of carbonyl (C=O) groups is 1. The molecule has 0 radical (unpaired) electrons. The van der Waals surface area contributed by atoms with Gasteiger partial charge >= 0.3 is 5.97 Å². The number of esters is 1. The minimum atomic E-state index is -0.335. The number of nitrogens with zero attached hydrogens (tertiary/aromatic N) is 3. The molecule has 3 aromatic rings. The number of anilines is 1. The van der Waals surface area contributed by atoms with Crippen LogP contribution in [0, 0.1) is 6.92 Å². The van der Waals surface area contributed by atoms with Crippen LogP contribution in [-0.4, -0.2) is 39.3 Å². The van der Waals surface area contributed by atoms with Gasteiger partial charge in [-0.3, -0.25) is 14.7 Å². The number of hydrogen-bond donors (Lipinski definition) is 2. The number of H-pyrrole nitrogens is 1. The highest BCUT2D eigenvalue weighted by Crippen LogP contribution is 2.23. The number of hydrogen-bond acceptors (Lipinski definition) is 7. The van der Waals surface area contributed by atoms with Gasteiger partial charge in [0.15, 0.2) is 0 Å². The third-order valence-corrected chi connectivity index (χ3v) is 4.28. The van der Waals surface area contributed by atoms with Gasteiger partial charge in [-0.2, -0.15) is 9.50 Å². The van der Waals surface area contributed by atoms with Gasteiger partial charge in [-0.1, -0.05) is 12.1 Å². The van der Waals surface area contributed by atoms with E-state index in [2.05, 4.69) is 20.4 Å². The molecule has 0 fully saturated rings. The van der Waals surface area contributed by atoms with Gasteiger partial charge in [-0.25, -0.2) is 4.98 Å². The number of aromatic amines is 1. The number of nitrogens with one attached hydrogen (secondary N) is 2. The summed E-state index contributed by atoms with van der Waals surface area (Å²) in [5, 5.41) is 6.18. The first-order valence-corrected chi connectivity index (χ1v) is 9.03. The number of benzene rings is 1. The summed E-state index contributed by atoms with van der Waals surface area (Å²) in [5.74, 6) is 1.22. The van der Waals surface area contributed by atoms with Crippen molar-refractivity contribution >= 4 is 17.4 Å². The fraction of sp³-hybridized carbons (Fsp3) is 0.368. The number of para-hydroxylation sites is 2. The molecule has 2 N–H and O–H groups in total. The lowest BCUT2D eigenvalue weighted by atomic mass is 10.1. The summed E-state index contributed by atoms with van der Waals surface area (Å²) >= 11 is 0. The van der Waals surface area contributed by atoms with Crippen LogP contribution in [0.3, 0.4) is 0 Å². The van der Waals surface area contributed by atoms with Crippen molar-refractivity contribution in [3.05, 3.63) is 51.7 Å². The Bertz CT molecular complexity index is 1040. The van der Waals surface area contributed by atoms with Gasteiger partial charge in [0.2, 0.25) is 0 Å². The summed E-state index contributed by atoms with van der Waals surface area (Å²) in [6.45, 7) is 4.16. The first-order valence-electron chi connectivity index (χ1n) is 9.03. The summed E-state index contributed by atoms with van der Waals surface area (Å²) in [5.41, 5.74) is 1.59. The number of aromatic nitrogens is 4. The van der Waals surface area contributed by atoms with Crippen LogP contribution in [0.25, 0.3) is 5.78 Å². The van der Waals surface area contributed by atoms with Gasteiger partial charge in [-0.15, -0.1) is 0 Å². The summed E-state index contributed by atoms with van der Waals surface area (Å²) in [4.78, 5) is 33.1. The van der Waals surface area contributed by atoms with Gasteiger partial charge in [0.05, 0.1) is 31.6 Å². The fourth-order valence-corrected chi connectivity index (χ4v) is 2.90. The third kappa shape index (κ3) is 4.13. The van der Waals surface area contributed by atoms with Gasteiger partial charge in [-0.05, 0) is 32.4 Å². The normalized spacial score (nSPS) is 10.8. The molecule has 28 heavy (non-hydrogen) atoms. The molecular formula is C19H23N5O4. The van der Waals surface area contributed by atoms with E-state index in [4.69, 9.17) is 9.47 Å². The molecule has 0 amide bonds. The van der Waals surface area contributed by atoms with Crippen molar-refractivity contribution in [1.82, 2.24) is 19.6 Å². The Kier molecular flexibility index (Phi) is 5.93. The van der Waals surface area contributed by atoms with Crippen LogP contribution in [0.1, 0.15) is 30.4 Å². The molecule has 2 aromatic heterocycles. The second-order valence-corrected chi connectivity index (χ2v) is 6.15. The van der Waals surface area contributed by atoms with E-state index in [1.807, 2.05) is 24.3 Å². The summed E-state index contributed by atoms with van der Waals surface area (Å²) in [7, 11) is 1.60. The number of methoxy groups -OCH3 is 1. The molecular weight excluding hydrogens is 362 g/mol. The van der Waals surface area contributed by atoms with Crippen LogP contribution in [0.2, 0.25) is 0 Å². The molecule has 0 bridgehead atoms. The molecule has 0 unspecified atom stereocenters. The number of rotatable bonds is 8. The maximum Gasteiger partial charge on any atom is 0.306 e. The molecule has 0 aliphatic heterocycles. The topological polar surface area (TPSA) is 111 Å². The molecule has 0 saturated carbocycles. The van der Waals surface area contributed by atoms with Crippen LogP contribution < -0.4 is 15.6 Å². The van der Waals surface area contributed by atoms with Crippen molar-refractivity contribution < 1.29 is 14.3 Å². The molecule has 0 saturated heterocycles. The summed E-state index contributed by atoms with van der Waals surface area (Å²) < 4.78 is 11.5. The maximum atomic E-state index is 12.8. The molecule has 1 aromatic carbocycles. The van der Waals surface area contributed by atoms with Crippen molar-refractivity contribution in [3.63, 3.8) is 0 Å². The SMILES string of the molecule is CCOC(=O)CCc1c(C)nc2nc(CNc3ccccc3OC)[nH]n2c1=O. The van der Waals surface area contributed by atoms with Crippen molar-refractivity contribution in [2.45, 2.75) is 33.2 Å². The zero-order chi connectivity index (χ0) is 20.1. The minimum Gasteiger partial charge on any atom is -0.495 e. The largest absolute Gasteiger partial charge is 0.495 e. The lowest BCUT2D eigenvalue weighted by molar-refractivity contribution is -0.143. The smallest absolute Gasteiger partial charge is 0.306 e. The first-order chi connectivity index (χ1) is 13.5. The number of aryl methyl sites for hydroxylation is 1. The highest BCUT2D eigenvalue weighted by atomic mass is 16.5. The predicted molar refractivity (Wildman–Crippen MR) is 104 cm³/mol. The van der Waals surface area contributed by atoms with E-state index in [0.29, 0.717) is 41.8 Å². The highest BCUT2D eigenvalue weighted by molar-refractivity contribution is 5.69. The first kappa shape index (κ1) is 19.4.